The number of nitrogens with zero attached hydrogens (tertiary/aromatic N) is 3. The third-order valence-corrected chi connectivity index (χ3v) is 6.54. The summed E-state index contributed by atoms with van der Waals surface area (Å²) in [6, 6.07) is 10.1. The van der Waals surface area contributed by atoms with Crippen LogP contribution in [0.5, 0.6) is 0 Å². The van der Waals surface area contributed by atoms with Crippen molar-refractivity contribution in [2.24, 2.45) is 4.99 Å². The minimum absolute atomic E-state index is 0.0210. The lowest BCUT2D eigenvalue weighted by Gasteiger charge is -2.10. The predicted octanol–water partition coefficient (Wildman–Crippen LogP) is 5.72. The average Bonchev–Trinajstić information content (AvgIpc) is 3.07. The van der Waals surface area contributed by atoms with Crippen LogP contribution >= 0.6 is 22.9 Å². The Labute approximate surface area is 183 Å². The highest BCUT2D eigenvalue weighted by molar-refractivity contribution is 7.09. The molecule has 156 valence electrons. The molecule has 3 aromatic rings. The van der Waals surface area contributed by atoms with Gasteiger partial charge in [0.2, 0.25) is 0 Å². The molecule has 0 aliphatic rings. The molecule has 0 aliphatic carbocycles. The van der Waals surface area contributed by atoms with Gasteiger partial charge in [0.05, 0.1) is 21.2 Å². The summed E-state index contributed by atoms with van der Waals surface area (Å²) in [6.45, 7) is 8.85. The largest absolute Gasteiger partial charge is 0.316 e. The zero-order chi connectivity index (χ0) is 22.0. The van der Waals surface area contributed by atoms with Crippen molar-refractivity contribution < 1.29 is 9.72 Å². The summed E-state index contributed by atoms with van der Waals surface area (Å²) >= 11 is 7.57. The van der Waals surface area contributed by atoms with Crippen molar-refractivity contribution in [3.63, 3.8) is 0 Å². The molecule has 0 saturated heterocycles. The quantitative estimate of drug-likeness (QED) is 0.373. The summed E-state index contributed by atoms with van der Waals surface area (Å²) in [5.41, 5.74) is 4.36. The Hall–Kier alpha value is -2.77. The van der Waals surface area contributed by atoms with Gasteiger partial charge in [0.1, 0.15) is 0 Å². The molecule has 0 aliphatic heterocycles. The van der Waals surface area contributed by atoms with Gasteiger partial charge >= 0.3 is 0 Å². The first-order valence-electron chi connectivity index (χ1n) is 9.59. The maximum Gasteiger partial charge on any atom is 0.281 e. The van der Waals surface area contributed by atoms with E-state index in [1.54, 1.807) is 0 Å². The van der Waals surface area contributed by atoms with Crippen molar-refractivity contribution in [2.75, 3.05) is 0 Å². The van der Waals surface area contributed by atoms with Gasteiger partial charge in [0, 0.05) is 23.6 Å². The summed E-state index contributed by atoms with van der Waals surface area (Å²) < 4.78 is 2.01. The van der Waals surface area contributed by atoms with Gasteiger partial charge in [-0.25, -0.2) is 0 Å². The van der Waals surface area contributed by atoms with Crippen LogP contribution in [0.25, 0.3) is 11.3 Å². The Bertz CT molecular complexity index is 1210. The number of aryl methyl sites for hydroxylation is 3. The van der Waals surface area contributed by atoms with Crippen molar-refractivity contribution >= 4 is 34.5 Å². The molecule has 2 aromatic carbocycles. The van der Waals surface area contributed by atoms with Crippen molar-refractivity contribution in [3.8, 4) is 11.3 Å². The van der Waals surface area contributed by atoms with E-state index in [-0.39, 0.29) is 16.3 Å². The number of amides is 1. The number of non-ortho nitro benzene ring substituents is 1. The van der Waals surface area contributed by atoms with Crippen molar-refractivity contribution in [2.45, 2.75) is 40.7 Å². The number of rotatable bonds is 5. The SMILES string of the molecule is CCc1sc(=NC(=O)c2cc([N+](=O)[O-])ccc2Cl)n(CC)c1-c1ccc(C)c(C)c1. The number of benzene rings is 2. The predicted molar refractivity (Wildman–Crippen MR) is 120 cm³/mol. The van der Waals surface area contributed by atoms with Gasteiger partial charge < -0.3 is 4.57 Å². The van der Waals surface area contributed by atoms with Crippen LogP contribution in [-0.4, -0.2) is 15.4 Å². The standard InChI is InChI=1S/C22H22ClN3O3S/c1-5-19-20(15-8-7-13(3)14(4)11-15)25(6-2)22(30-19)24-21(27)17-12-16(26(28)29)9-10-18(17)23/h7-12H,5-6H2,1-4H3. The second-order valence-corrected chi connectivity index (χ2v) is 8.36. The van der Waals surface area contributed by atoms with E-state index in [2.05, 4.69) is 44.0 Å². The molecule has 0 saturated carbocycles. The summed E-state index contributed by atoms with van der Waals surface area (Å²) in [5.74, 6) is -0.596. The first-order valence-corrected chi connectivity index (χ1v) is 10.8. The second-order valence-electron chi connectivity index (χ2n) is 6.89. The van der Waals surface area contributed by atoms with E-state index < -0.39 is 10.8 Å². The van der Waals surface area contributed by atoms with Gasteiger partial charge in [0.15, 0.2) is 4.80 Å². The minimum Gasteiger partial charge on any atom is -0.316 e. The van der Waals surface area contributed by atoms with E-state index in [0.29, 0.717) is 11.3 Å². The molecule has 0 atom stereocenters. The van der Waals surface area contributed by atoms with E-state index in [4.69, 9.17) is 11.6 Å². The Morgan fingerprint density at radius 2 is 1.90 bits per heavy atom. The molecular weight excluding hydrogens is 422 g/mol. The van der Waals surface area contributed by atoms with Gasteiger partial charge in [0.25, 0.3) is 11.6 Å². The van der Waals surface area contributed by atoms with Crippen LogP contribution in [-0.2, 0) is 13.0 Å². The summed E-state index contributed by atoms with van der Waals surface area (Å²) in [4.78, 5) is 29.3. The highest BCUT2D eigenvalue weighted by Crippen LogP contribution is 2.29. The van der Waals surface area contributed by atoms with Crippen LogP contribution in [0.15, 0.2) is 41.4 Å². The fraction of sp³-hybridized carbons (Fsp3) is 0.273. The number of nitro benzene ring substituents is 1. The molecule has 6 nitrogen and oxygen atoms in total. The highest BCUT2D eigenvalue weighted by atomic mass is 35.5. The van der Waals surface area contributed by atoms with Crippen LogP contribution in [0, 0.1) is 24.0 Å². The fourth-order valence-corrected chi connectivity index (χ4v) is 4.57. The number of carbonyl (C=O) groups is 1. The Morgan fingerprint density at radius 1 is 1.17 bits per heavy atom. The molecule has 0 fully saturated rings. The van der Waals surface area contributed by atoms with Gasteiger partial charge in [-0.2, -0.15) is 4.99 Å². The van der Waals surface area contributed by atoms with Gasteiger partial charge in [-0.15, -0.1) is 11.3 Å². The van der Waals surface area contributed by atoms with Crippen molar-refractivity contribution in [1.29, 1.82) is 0 Å². The maximum atomic E-state index is 12.8. The lowest BCUT2D eigenvalue weighted by molar-refractivity contribution is -0.384. The van der Waals surface area contributed by atoms with E-state index in [0.717, 1.165) is 22.6 Å². The topological polar surface area (TPSA) is 77.5 Å². The van der Waals surface area contributed by atoms with Crippen molar-refractivity contribution in [3.05, 3.63) is 77.9 Å². The third-order valence-electron chi connectivity index (χ3n) is 4.99. The number of halogens is 1. The van der Waals surface area contributed by atoms with Gasteiger partial charge in [-0.1, -0.05) is 30.7 Å². The van der Waals surface area contributed by atoms with Crippen LogP contribution in [0.1, 0.15) is 40.2 Å². The number of nitro groups is 1. The van der Waals surface area contributed by atoms with Crippen LogP contribution < -0.4 is 4.80 Å². The lowest BCUT2D eigenvalue weighted by atomic mass is 10.0. The Morgan fingerprint density at radius 3 is 2.50 bits per heavy atom. The number of thiazole rings is 1. The molecular formula is C22H22ClN3O3S. The number of carbonyl (C=O) groups excluding carboxylic acids is 1. The van der Waals surface area contributed by atoms with E-state index >= 15 is 0 Å². The summed E-state index contributed by atoms with van der Waals surface area (Å²) in [6.07, 6.45) is 0.800. The average molecular weight is 444 g/mol. The smallest absolute Gasteiger partial charge is 0.281 e. The van der Waals surface area contributed by atoms with Crippen molar-refractivity contribution in [1.82, 2.24) is 4.57 Å². The lowest BCUT2D eigenvalue weighted by Crippen LogP contribution is -2.17. The van der Waals surface area contributed by atoms with E-state index in [1.807, 2.05) is 11.5 Å². The first kappa shape index (κ1) is 21.9. The zero-order valence-electron chi connectivity index (χ0n) is 17.2. The molecule has 0 unspecified atom stereocenters. The molecule has 1 heterocycles. The molecule has 3 rings (SSSR count). The monoisotopic (exact) mass is 443 g/mol. The molecule has 0 N–H and O–H groups in total. The number of hydrogen-bond acceptors (Lipinski definition) is 4. The van der Waals surface area contributed by atoms with E-state index in [1.165, 1.54) is 40.7 Å². The number of hydrogen-bond donors (Lipinski definition) is 0. The normalized spacial score (nSPS) is 11.7. The Balaban J connectivity index is 2.17. The third kappa shape index (κ3) is 4.22. The second kappa shape index (κ2) is 8.93. The molecule has 0 bridgehead atoms. The van der Waals surface area contributed by atoms with Crippen LogP contribution in [0.3, 0.4) is 0 Å². The molecule has 30 heavy (non-hydrogen) atoms. The molecule has 8 heteroatoms. The van der Waals surface area contributed by atoms with Crippen LogP contribution in [0.4, 0.5) is 5.69 Å². The minimum atomic E-state index is -0.596. The Kier molecular flexibility index (Phi) is 6.53. The fourth-order valence-electron chi connectivity index (χ4n) is 3.22. The van der Waals surface area contributed by atoms with E-state index in [9.17, 15) is 14.9 Å². The molecule has 0 spiro atoms. The highest BCUT2D eigenvalue weighted by Gasteiger charge is 2.18. The molecule has 1 amide bonds. The first-order chi connectivity index (χ1) is 14.3. The zero-order valence-corrected chi connectivity index (χ0v) is 18.8. The molecule has 1 aromatic heterocycles. The molecule has 0 radical (unpaired) electrons. The number of aromatic nitrogens is 1. The van der Waals surface area contributed by atoms with Gasteiger partial charge in [-0.3, -0.25) is 14.9 Å². The summed E-state index contributed by atoms with van der Waals surface area (Å²) in [5, 5.41) is 11.2. The van der Waals surface area contributed by atoms with Crippen LogP contribution in [0.2, 0.25) is 5.02 Å². The summed E-state index contributed by atoms with van der Waals surface area (Å²) in [7, 11) is 0. The van der Waals surface area contributed by atoms with Gasteiger partial charge in [-0.05, 0) is 56.0 Å². The maximum absolute atomic E-state index is 12.8.